The summed E-state index contributed by atoms with van der Waals surface area (Å²) in [7, 11) is 1.74. The van der Waals surface area contributed by atoms with E-state index < -0.39 is 0 Å². The molecule has 0 bridgehead atoms. The van der Waals surface area contributed by atoms with Crippen LogP contribution in [-0.2, 0) is 6.54 Å². The second-order valence-corrected chi connectivity index (χ2v) is 7.59. The Kier molecular flexibility index (Phi) is 5.98. The van der Waals surface area contributed by atoms with Gasteiger partial charge in [0.15, 0.2) is 0 Å². The molecule has 1 aromatic heterocycles. The van der Waals surface area contributed by atoms with Crippen LogP contribution in [0.2, 0.25) is 5.02 Å². The molecule has 148 valence electrons. The zero-order valence-corrected chi connectivity index (χ0v) is 17.0. The quantitative estimate of drug-likeness (QED) is 0.567. The van der Waals surface area contributed by atoms with Gasteiger partial charge in [-0.25, -0.2) is 4.68 Å². The summed E-state index contributed by atoms with van der Waals surface area (Å²) in [6, 6.07) is 14.0. The lowest BCUT2D eigenvalue weighted by molar-refractivity contribution is 0.250. The van der Waals surface area contributed by atoms with E-state index in [-0.39, 0.29) is 0 Å². The van der Waals surface area contributed by atoms with Gasteiger partial charge in [0.2, 0.25) is 0 Å². The molecule has 2 aromatic carbocycles. The Morgan fingerprint density at radius 3 is 2.61 bits per heavy atom. The number of nitrogens with zero attached hydrogens (tertiary/aromatic N) is 5. The first-order chi connectivity index (χ1) is 13.7. The molecule has 3 aromatic rings. The molecule has 4 rings (SSSR count). The number of benzene rings is 2. The molecule has 0 unspecified atom stereocenters. The van der Waals surface area contributed by atoms with Gasteiger partial charge in [0, 0.05) is 37.7 Å². The minimum atomic E-state index is 0.701. The standard InChI is InChI=1S/C21H26ClN5O/c1-28-21-7-3-2-6-20(21)26-14-12-25(13-15-26)10-4-5-11-27-19-9-8-17(22)16-18(19)23-24-27/h2-3,6-9,16H,4-5,10-15H2,1H3. The van der Waals surface area contributed by atoms with Crippen molar-refractivity contribution >= 4 is 28.3 Å². The first kappa shape index (κ1) is 19.0. The Bertz CT molecular complexity index is 920. The Morgan fingerprint density at radius 2 is 1.79 bits per heavy atom. The Balaban J connectivity index is 1.22. The van der Waals surface area contributed by atoms with Crippen molar-refractivity contribution in [3.8, 4) is 5.75 Å². The van der Waals surface area contributed by atoms with Gasteiger partial charge in [-0.3, -0.25) is 4.90 Å². The van der Waals surface area contributed by atoms with Gasteiger partial charge in [0.25, 0.3) is 0 Å². The fourth-order valence-corrected chi connectivity index (χ4v) is 3.98. The molecule has 6 nitrogen and oxygen atoms in total. The molecule has 2 heterocycles. The van der Waals surface area contributed by atoms with Crippen LogP contribution in [0.15, 0.2) is 42.5 Å². The van der Waals surface area contributed by atoms with Crippen molar-refractivity contribution in [2.24, 2.45) is 0 Å². The lowest BCUT2D eigenvalue weighted by Gasteiger charge is -2.36. The van der Waals surface area contributed by atoms with E-state index in [4.69, 9.17) is 16.3 Å². The van der Waals surface area contributed by atoms with Gasteiger partial charge in [0.05, 0.1) is 18.3 Å². The molecule has 0 amide bonds. The van der Waals surface area contributed by atoms with E-state index in [0.717, 1.165) is 68.9 Å². The monoisotopic (exact) mass is 399 g/mol. The average molecular weight is 400 g/mol. The van der Waals surface area contributed by atoms with Gasteiger partial charge in [-0.15, -0.1) is 5.10 Å². The molecule has 7 heteroatoms. The molecule has 1 aliphatic rings. The van der Waals surface area contributed by atoms with Crippen LogP contribution in [0.5, 0.6) is 5.75 Å². The molecule has 1 aliphatic heterocycles. The number of hydrogen-bond donors (Lipinski definition) is 0. The predicted molar refractivity (Wildman–Crippen MR) is 113 cm³/mol. The van der Waals surface area contributed by atoms with Gasteiger partial charge in [-0.1, -0.05) is 28.9 Å². The van der Waals surface area contributed by atoms with Crippen molar-refractivity contribution in [1.82, 2.24) is 19.9 Å². The minimum Gasteiger partial charge on any atom is -0.495 e. The maximum atomic E-state index is 6.01. The molecule has 0 aliphatic carbocycles. The van der Waals surface area contributed by atoms with Crippen molar-refractivity contribution in [3.05, 3.63) is 47.5 Å². The van der Waals surface area contributed by atoms with Crippen LogP contribution in [0.25, 0.3) is 11.0 Å². The summed E-state index contributed by atoms with van der Waals surface area (Å²) < 4.78 is 7.48. The van der Waals surface area contributed by atoms with Crippen molar-refractivity contribution in [2.75, 3.05) is 44.7 Å². The summed E-state index contributed by atoms with van der Waals surface area (Å²) in [4.78, 5) is 4.97. The van der Waals surface area contributed by atoms with Crippen LogP contribution in [0.3, 0.4) is 0 Å². The summed E-state index contributed by atoms with van der Waals surface area (Å²) in [6.45, 7) is 6.26. The fourth-order valence-electron chi connectivity index (χ4n) is 3.81. The molecule has 28 heavy (non-hydrogen) atoms. The molecule has 0 atom stereocenters. The number of anilines is 1. The number of piperazine rings is 1. The second-order valence-electron chi connectivity index (χ2n) is 7.15. The Hall–Kier alpha value is -2.31. The highest BCUT2D eigenvalue weighted by molar-refractivity contribution is 6.31. The number of halogens is 1. The largest absolute Gasteiger partial charge is 0.495 e. The lowest BCUT2D eigenvalue weighted by atomic mass is 10.2. The zero-order valence-electron chi connectivity index (χ0n) is 16.2. The van der Waals surface area contributed by atoms with E-state index in [9.17, 15) is 0 Å². The summed E-state index contributed by atoms with van der Waals surface area (Å²) in [5.41, 5.74) is 3.11. The highest BCUT2D eigenvalue weighted by Gasteiger charge is 2.19. The van der Waals surface area contributed by atoms with Crippen molar-refractivity contribution < 1.29 is 4.74 Å². The highest BCUT2D eigenvalue weighted by atomic mass is 35.5. The summed E-state index contributed by atoms with van der Waals surface area (Å²) in [6.07, 6.45) is 2.25. The number of unbranched alkanes of at least 4 members (excludes halogenated alkanes) is 1. The topological polar surface area (TPSA) is 46.4 Å². The molecule has 1 fully saturated rings. The molecular weight excluding hydrogens is 374 g/mol. The third kappa shape index (κ3) is 4.23. The van der Waals surface area contributed by atoms with E-state index in [1.807, 2.05) is 35.0 Å². The highest BCUT2D eigenvalue weighted by Crippen LogP contribution is 2.28. The van der Waals surface area contributed by atoms with Gasteiger partial charge in [0.1, 0.15) is 11.3 Å². The number of rotatable bonds is 7. The van der Waals surface area contributed by atoms with E-state index in [1.54, 1.807) is 7.11 Å². The molecular formula is C21H26ClN5O. The van der Waals surface area contributed by atoms with Crippen LogP contribution in [0.4, 0.5) is 5.69 Å². The van der Waals surface area contributed by atoms with Gasteiger partial charge in [-0.05, 0) is 49.7 Å². The fraction of sp³-hybridized carbons (Fsp3) is 0.429. The van der Waals surface area contributed by atoms with Crippen LogP contribution >= 0.6 is 11.6 Å². The third-order valence-corrected chi connectivity index (χ3v) is 5.60. The second kappa shape index (κ2) is 8.80. The molecule has 0 saturated carbocycles. The third-order valence-electron chi connectivity index (χ3n) is 5.37. The predicted octanol–water partition coefficient (Wildman–Crippen LogP) is 3.70. The number of aromatic nitrogens is 3. The number of para-hydroxylation sites is 2. The maximum absolute atomic E-state index is 6.01. The van der Waals surface area contributed by atoms with E-state index in [0.29, 0.717) is 5.02 Å². The number of ether oxygens (including phenoxy) is 1. The smallest absolute Gasteiger partial charge is 0.142 e. The number of fused-ring (bicyclic) bond motifs is 1. The SMILES string of the molecule is COc1ccccc1N1CCN(CCCCn2nnc3cc(Cl)ccc32)CC1. The summed E-state index contributed by atoms with van der Waals surface area (Å²) in [5.74, 6) is 0.956. The number of aryl methyl sites for hydroxylation is 1. The summed E-state index contributed by atoms with van der Waals surface area (Å²) >= 11 is 6.01. The van der Waals surface area contributed by atoms with Gasteiger partial charge in [-0.2, -0.15) is 0 Å². The molecule has 0 spiro atoms. The first-order valence-electron chi connectivity index (χ1n) is 9.83. The van der Waals surface area contributed by atoms with Crippen molar-refractivity contribution in [3.63, 3.8) is 0 Å². The molecule has 0 N–H and O–H groups in total. The van der Waals surface area contributed by atoms with Gasteiger partial charge < -0.3 is 9.64 Å². The van der Waals surface area contributed by atoms with Crippen LogP contribution < -0.4 is 9.64 Å². The maximum Gasteiger partial charge on any atom is 0.142 e. The first-order valence-corrected chi connectivity index (χ1v) is 10.2. The Labute approximate surface area is 170 Å². The average Bonchev–Trinajstić information content (AvgIpc) is 3.13. The lowest BCUT2D eigenvalue weighted by Crippen LogP contribution is -2.46. The van der Waals surface area contributed by atoms with Crippen LogP contribution in [-0.4, -0.2) is 59.7 Å². The van der Waals surface area contributed by atoms with E-state index >= 15 is 0 Å². The normalized spacial score (nSPS) is 15.3. The minimum absolute atomic E-state index is 0.701. The van der Waals surface area contributed by atoms with E-state index in [1.165, 1.54) is 5.69 Å². The number of methoxy groups -OCH3 is 1. The zero-order chi connectivity index (χ0) is 19.3. The number of hydrogen-bond acceptors (Lipinski definition) is 5. The Morgan fingerprint density at radius 1 is 1.00 bits per heavy atom. The summed E-state index contributed by atoms with van der Waals surface area (Å²) in [5, 5.41) is 9.16. The van der Waals surface area contributed by atoms with Crippen LogP contribution in [0.1, 0.15) is 12.8 Å². The van der Waals surface area contributed by atoms with Crippen molar-refractivity contribution in [1.29, 1.82) is 0 Å². The molecule has 1 saturated heterocycles. The van der Waals surface area contributed by atoms with Crippen LogP contribution in [0, 0.1) is 0 Å². The molecule has 0 radical (unpaired) electrons. The van der Waals surface area contributed by atoms with Crippen molar-refractivity contribution in [2.45, 2.75) is 19.4 Å². The van der Waals surface area contributed by atoms with E-state index in [2.05, 4.69) is 32.2 Å². The van der Waals surface area contributed by atoms with Gasteiger partial charge >= 0.3 is 0 Å².